The summed E-state index contributed by atoms with van der Waals surface area (Å²) in [6.07, 6.45) is -4.70. The van der Waals surface area contributed by atoms with E-state index in [1.54, 1.807) is 6.07 Å². The summed E-state index contributed by atoms with van der Waals surface area (Å²) in [5, 5.41) is 3.67. The third-order valence-corrected chi connectivity index (χ3v) is 3.46. The monoisotopic (exact) mass is 374 g/mol. The molecule has 0 bridgehead atoms. The Hall–Kier alpha value is -2.61. The molecule has 0 aliphatic heterocycles. The first-order chi connectivity index (χ1) is 11.7. The van der Waals surface area contributed by atoms with Gasteiger partial charge in [-0.05, 0) is 24.3 Å². The molecule has 0 spiro atoms. The van der Waals surface area contributed by atoms with E-state index in [9.17, 15) is 27.2 Å². The lowest BCUT2D eigenvalue weighted by atomic mass is 10.2. The Morgan fingerprint density at radius 1 is 1.04 bits per heavy atom. The van der Waals surface area contributed by atoms with Crippen molar-refractivity contribution in [3.8, 4) is 0 Å². The van der Waals surface area contributed by atoms with Gasteiger partial charge in [0, 0.05) is 17.8 Å². The first kappa shape index (κ1) is 18.7. The molecule has 9 heteroatoms. The molecule has 2 rings (SSSR count). The Morgan fingerprint density at radius 3 is 2.36 bits per heavy atom. The van der Waals surface area contributed by atoms with Gasteiger partial charge in [-0.1, -0.05) is 29.8 Å². The van der Waals surface area contributed by atoms with Crippen molar-refractivity contribution in [2.24, 2.45) is 0 Å². The number of carbonyl (C=O) groups excluding carboxylic acids is 2. The summed E-state index contributed by atoms with van der Waals surface area (Å²) in [6.45, 7) is -0.243. The second-order valence-electron chi connectivity index (χ2n) is 4.92. The Morgan fingerprint density at radius 2 is 1.72 bits per heavy atom. The SMILES string of the molecule is O=C(NCc1ccccc1F)C(=O)Nc1ccc(Cl)c(C(F)(F)F)c1. The molecule has 0 fully saturated rings. The zero-order valence-electron chi connectivity index (χ0n) is 12.5. The van der Waals surface area contributed by atoms with Crippen molar-refractivity contribution in [1.29, 1.82) is 0 Å². The number of hydrogen-bond acceptors (Lipinski definition) is 2. The number of amides is 2. The summed E-state index contributed by atoms with van der Waals surface area (Å²) < 4.78 is 51.7. The van der Waals surface area contributed by atoms with E-state index >= 15 is 0 Å². The molecule has 2 aromatic rings. The Kier molecular flexibility index (Phi) is 5.63. The van der Waals surface area contributed by atoms with Gasteiger partial charge >= 0.3 is 18.0 Å². The number of hydrogen-bond donors (Lipinski definition) is 2. The molecule has 0 atom stereocenters. The number of nitrogens with one attached hydrogen (secondary N) is 2. The summed E-state index contributed by atoms with van der Waals surface area (Å²) in [5.74, 6) is -2.87. The molecule has 0 saturated heterocycles. The smallest absolute Gasteiger partial charge is 0.344 e. The van der Waals surface area contributed by atoms with Crippen LogP contribution >= 0.6 is 11.6 Å². The van der Waals surface area contributed by atoms with Crippen LogP contribution in [0.3, 0.4) is 0 Å². The van der Waals surface area contributed by atoms with Crippen LogP contribution in [0.1, 0.15) is 11.1 Å². The maximum Gasteiger partial charge on any atom is 0.417 e. The van der Waals surface area contributed by atoms with Crippen LogP contribution in [0.4, 0.5) is 23.2 Å². The van der Waals surface area contributed by atoms with Gasteiger partial charge in [-0.25, -0.2) is 4.39 Å². The Labute approximate surface area is 144 Å². The van der Waals surface area contributed by atoms with Crippen molar-refractivity contribution >= 4 is 29.1 Å². The minimum Gasteiger partial charge on any atom is -0.344 e. The molecule has 132 valence electrons. The van der Waals surface area contributed by atoms with Gasteiger partial charge in [0.1, 0.15) is 5.82 Å². The Balaban J connectivity index is 2.02. The van der Waals surface area contributed by atoms with Gasteiger partial charge in [-0.3, -0.25) is 9.59 Å². The largest absolute Gasteiger partial charge is 0.417 e. The van der Waals surface area contributed by atoms with E-state index in [2.05, 4.69) is 5.32 Å². The first-order valence-electron chi connectivity index (χ1n) is 6.88. The van der Waals surface area contributed by atoms with Crippen LogP contribution in [0.25, 0.3) is 0 Å². The first-order valence-corrected chi connectivity index (χ1v) is 7.25. The molecule has 0 unspecified atom stereocenters. The molecule has 25 heavy (non-hydrogen) atoms. The minimum absolute atomic E-state index is 0.162. The lowest BCUT2D eigenvalue weighted by Gasteiger charge is -2.12. The van der Waals surface area contributed by atoms with E-state index in [-0.39, 0.29) is 17.8 Å². The van der Waals surface area contributed by atoms with Crippen molar-refractivity contribution in [1.82, 2.24) is 5.32 Å². The van der Waals surface area contributed by atoms with Crippen molar-refractivity contribution in [2.45, 2.75) is 12.7 Å². The molecule has 0 aliphatic rings. The highest BCUT2D eigenvalue weighted by atomic mass is 35.5. The third-order valence-electron chi connectivity index (χ3n) is 3.13. The van der Waals surface area contributed by atoms with E-state index < -0.39 is 34.4 Å². The number of alkyl halides is 3. The molecule has 2 N–H and O–H groups in total. The summed E-state index contributed by atoms with van der Waals surface area (Å²) >= 11 is 5.46. The Bertz CT molecular complexity index is 809. The van der Waals surface area contributed by atoms with Gasteiger partial charge in [-0.2, -0.15) is 13.2 Å². The standard InChI is InChI=1S/C16H11ClF4N2O2/c17-12-6-5-10(7-11(12)16(19,20)21)23-15(25)14(24)22-8-9-3-1-2-4-13(9)18/h1-7H,8H2,(H,22,24)(H,23,25). The summed E-state index contributed by atoms with van der Waals surface area (Å²) in [6, 6.07) is 8.32. The average Bonchev–Trinajstić information content (AvgIpc) is 2.54. The fraction of sp³-hybridized carbons (Fsp3) is 0.125. The van der Waals surface area contributed by atoms with E-state index in [0.29, 0.717) is 6.07 Å². The zero-order valence-corrected chi connectivity index (χ0v) is 13.2. The van der Waals surface area contributed by atoms with Gasteiger partial charge < -0.3 is 10.6 Å². The van der Waals surface area contributed by atoms with Gasteiger partial charge in [0.2, 0.25) is 0 Å². The average molecular weight is 375 g/mol. The lowest BCUT2D eigenvalue weighted by molar-refractivity contribution is -0.137. The number of anilines is 1. The molecular formula is C16H11ClF4N2O2. The van der Waals surface area contributed by atoms with Gasteiger partial charge in [-0.15, -0.1) is 0 Å². The summed E-state index contributed by atoms with van der Waals surface area (Å²) in [4.78, 5) is 23.4. The van der Waals surface area contributed by atoms with Crippen molar-refractivity contribution in [3.63, 3.8) is 0 Å². The molecule has 0 saturated carbocycles. The molecule has 4 nitrogen and oxygen atoms in total. The maximum absolute atomic E-state index is 13.4. The van der Waals surface area contributed by atoms with Gasteiger partial charge in [0.05, 0.1) is 10.6 Å². The van der Waals surface area contributed by atoms with E-state index in [4.69, 9.17) is 11.6 Å². The zero-order chi connectivity index (χ0) is 18.6. The highest BCUT2D eigenvalue weighted by Gasteiger charge is 2.33. The van der Waals surface area contributed by atoms with Gasteiger partial charge in [0.25, 0.3) is 0 Å². The molecule has 0 radical (unpaired) electrons. The molecule has 0 aliphatic carbocycles. The molecular weight excluding hydrogens is 364 g/mol. The van der Waals surface area contributed by atoms with Crippen LogP contribution in [0, 0.1) is 5.82 Å². The minimum atomic E-state index is -4.70. The number of carbonyl (C=O) groups is 2. The molecule has 0 aromatic heterocycles. The van der Waals surface area contributed by atoms with Crippen molar-refractivity contribution in [3.05, 3.63) is 64.4 Å². The predicted molar refractivity (Wildman–Crippen MR) is 83.3 cm³/mol. The normalized spacial score (nSPS) is 11.1. The van der Waals surface area contributed by atoms with Crippen LogP contribution < -0.4 is 10.6 Å². The molecule has 0 heterocycles. The highest BCUT2D eigenvalue weighted by Crippen LogP contribution is 2.36. The van der Waals surface area contributed by atoms with Crippen LogP contribution in [0.5, 0.6) is 0 Å². The number of rotatable bonds is 3. The molecule has 2 aromatic carbocycles. The predicted octanol–water partition coefficient (Wildman–Crippen LogP) is 3.75. The number of benzene rings is 2. The van der Waals surface area contributed by atoms with Crippen LogP contribution in [-0.4, -0.2) is 11.8 Å². The van der Waals surface area contributed by atoms with E-state index in [1.807, 2.05) is 5.32 Å². The van der Waals surface area contributed by atoms with Gasteiger partial charge in [0.15, 0.2) is 0 Å². The topological polar surface area (TPSA) is 58.2 Å². The maximum atomic E-state index is 13.4. The second-order valence-corrected chi connectivity index (χ2v) is 5.33. The van der Waals surface area contributed by atoms with Crippen LogP contribution in [0.15, 0.2) is 42.5 Å². The van der Waals surface area contributed by atoms with Crippen molar-refractivity contribution in [2.75, 3.05) is 5.32 Å². The highest BCUT2D eigenvalue weighted by molar-refractivity contribution is 6.39. The fourth-order valence-corrected chi connectivity index (χ4v) is 2.13. The van der Waals surface area contributed by atoms with Crippen LogP contribution in [0.2, 0.25) is 5.02 Å². The van der Waals surface area contributed by atoms with E-state index in [0.717, 1.165) is 12.1 Å². The quantitative estimate of drug-likeness (QED) is 0.635. The summed E-state index contributed by atoms with van der Waals surface area (Å²) in [5.41, 5.74) is -1.23. The second kappa shape index (κ2) is 7.52. The van der Waals surface area contributed by atoms with Crippen molar-refractivity contribution < 1.29 is 27.2 Å². The molecule has 2 amide bonds. The lowest BCUT2D eigenvalue weighted by Crippen LogP contribution is -2.35. The fourth-order valence-electron chi connectivity index (χ4n) is 1.91. The number of halogens is 5. The summed E-state index contributed by atoms with van der Waals surface area (Å²) in [7, 11) is 0. The van der Waals surface area contributed by atoms with E-state index in [1.165, 1.54) is 18.2 Å². The van der Waals surface area contributed by atoms with Crippen LogP contribution in [-0.2, 0) is 22.3 Å². The third kappa shape index (κ3) is 4.93.